The average molecular weight is 490 g/mol. The minimum absolute atomic E-state index is 0.0362. The topological polar surface area (TPSA) is 67.9 Å². The Labute approximate surface area is 209 Å². The first-order valence-corrected chi connectivity index (χ1v) is 13.0. The van der Waals surface area contributed by atoms with E-state index < -0.39 is 0 Å². The summed E-state index contributed by atoms with van der Waals surface area (Å²) >= 11 is 6.61. The number of rotatable bonds is 5. The highest BCUT2D eigenvalue weighted by Crippen LogP contribution is 2.44. The third-order valence-corrected chi connectivity index (χ3v) is 8.80. The Kier molecular flexibility index (Phi) is 7.58. The Hall–Kier alpha value is -1.67. The summed E-state index contributed by atoms with van der Waals surface area (Å²) in [7, 11) is 4.01. The highest BCUT2D eigenvalue weighted by molar-refractivity contribution is 6.31. The lowest BCUT2D eigenvalue weighted by molar-refractivity contribution is -0.142. The molecule has 0 aromatic heterocycles. The number of hydrogen-bond donors (Lipinski definition) is 2. The number of fused-ring (bicyclic) bond motifs is 1. The van der Waals surface area contributed by atoms with E-state index >= 15 is 0 Å². The van der Waals surface area contributed by atoms with Gasteiger partial charge in [0.25, 0.3) is 0 Å². The lowest BCUT2D eigenvalue weighted by atomic mass is 9.77. The lowest BCUT2D eigenvalue weighted by Crippen LogP contribution is -2.58. The van der Waals surface area contributed by atoms with Gasteiger partial charge in [0.2, 0.25) is 11.8 Å². The molecule has 3 aliphatic rings. The van der Waals surface area contributed by atoms with Gasteiger partial charge in [0.05, 0.1) is 12.1 Å². The molecule has 8 heteroatoms. The normalized spacial score (nSPS) is 35.0. The van der Waals surface area contributed by atoms with Gasteiger partial charge in [-0.25, -0.2) is 5.01 Å². The van der Waals surface area contributed by atoms with Crippen molar-refractivity contribution in [3.63, 3.8) is 0 Å². The van der Waals surface area contributed by atoms with Crippen LogP contribution in [0.2, 0.25) is 5.02 Å². The first kappa shape index (κ1) is 25.4. The van der Waals surface area contributed by atoms with Crippen LogP contribution in [0.5, 0.6) is 0 Å². The van der Waals surface area contributed by atoms with Crippen molar-refractivity contribution >= 4 is 23.4 Å². The fourth-order valence-corrected chi connectivity index (χ4v) is 6.59. The van der Waals surface area contributed by atoms with Crippen LogP contribution in [0, 0.1) is 23.7 Å². The van der Waals surface area contributed by atoms with E-state index in [1.54, 1.807) is 0 Å². The molecule has 0 bridgehead atoms. The first-order valence-electron chi connectivity index (χ1n) is 12.6. The van der Waals surface area contributed by atoms with Crippen molar-refractivity contribution < 1.29 is 9.59 Å². The van der Waals surface area contributed by atoms with Crippen LogP contribution in [0.1, 0.15) is 52.1 Å². The molecule has 3 heterocycles. The maximum atomic E-state index is 13.7. The number of piperidine rings is 2. The Morgan fingerprint density at radius 1 is 1.21 bits per heavy atom. The van der Waals surface area contributed by atoms with Gasteiger partial charge in [-0.1, -0.05) is 36.7 Å². The summed E-state index contributed by atoms with van der Waals surface area (Å²) in [5, 5.41) is 6.20. The van der Waals surface area contributed by atoms with Crippen LogP contribution in [-0.4, -0.2) is 72.1 Å². The average Bonchev–Trinajstić information content (AvgIpc) is 3.24. The van der Waals surface area contributed by atoms with E-state index in [0.717, 1.165) is 23.6 Å². The number of likely N-dealkylation sites (tertiary alicyclic amines) is 2. The van der Waals surface area contributed by atoms with Crippen molar-refractivity contribution in [2.24, 2.45) is 23.7 Å². The maximum Gasteiger partial charge on any atom is 0.227 e. The number of nitrogens with zero attached hydrogens (tertiary/aromatic N) is 3. The number of carbonyl (C=O) groups is 2. The van der Waals surface area contributed by atoms with Crippen LogP contribution < -0.4 is 10.7 Å². The van der Waals surface area contributed by atoms with E-state index in [4.69, 9.17) is 11.6 Å². The van der Waals surface area contributed by atoms with E-state index in [0.29, 0.717) is 19.0 Å². The summed E-state index contributed by atoms with van der Waals surface area (Å²) in [4.78, 5) is 30.7. The molecule has 188 valence electrons. The molecule has 7 nitrogen and oxygen atoms in total. The number of halogens is 1. The zero-order valence-electron chi connectivity index (χ0n) is 21.3. The smallest absolute Gasteiger partial charge is 0.227 e. The molecule has 2 N–H and O–H groups in total. The molecule has 3 saturated heterocycles. The van der Waals surface area contributed by atoms with Gasteiger partial charge in [0, 0.05) is 55.1 Å². The van der Waals surface area contributed by atoms with E-state index in [1.807, 2.05) is 30.1 Å². The summed E-state index contributed by atoms with van der Waals surface area (Å²) < 4.78 is 0. The van der Waals surface area contributed by atoms with Crippen molar-refractivity contribution in [3.05, 3.63) is 34.9 Å². The number of carbonyl (C=O) groups excluding carboxylic acids is 2. The van der Waals surface area contributed by atoms with Crippen molar-refractivity contribution in [2.75, 3.05) is 27.2 Å². The van der Waals surface area contributed by atoms with Crippen LogP contribution in [0.3, 0.4) is 0 Å². The van der Waals surface area contributed by atoms with Crippen molar-refractivity contribution in [2.45, 2.75) is 64.8 Å². The largest absolute Gasteiger partial charge is 0.355 e. The molecule has 7 unspecified atom stereocenters. The molecule has 4 rings (SSSR count). The third kappa shape index (κ3) is 4.60. The fraction of sp³-hybridized carbons (Fsp3) is 0.692. The molecule has 0 radical (unpaired) electrons. The van der Waals surface area contributed by atoms with Crippen LogP contribution in [0.15, 0.2) is 24.3 Å². The monoisotopic (exact) mass is 489 g/mol. The van der Waals surface area contributed by atoms with Gasteiger partial charge in [-0.15, -0.1) is 0 Å². The Morgan fingerprint density at radius 2 is 1.91 bits per heavy atom. The molecule has 2 amide bonds. The summed E-state index contributed by atoms with van der Waals surface area (Å²) in [5.41, 5.74) is 4.61. The molecule has 3 fully saturated rings. The predicted octanol–water partition coefficient (Wildman–Crippen LogP) is 3.12. The van der Waals surface area contributed by atoms with Gasteiger partial charge in [-0.05, 0) is 58.2 Å². The fourth-order valence-electron chi connectivity index (χ4n) is 6.32. The van der Waals surface area contributed by atoms with Crippen LogP contribution in [-0.2, 0) is 9.59 Å². The Morgan fingerprint density at radius 3 is 2.59 bits per heavy atom. The summed E-state index contributed by atoms with van der Waals surface area (Å²) in [5.74, 6) is 0.270. The first-order chi connectivity index (χ1) is 16.1. The molecule has 1 aromatic carbocycles. The minimum atomic E-state index is -0.166. The van der Waals surface area contributed by atoms with Gasteiger partial charge in [-0.3, -0.25) is 19.9 Å². The van der Waals surface area contributed by atoms with E-state index in [-0.39, 0.29) is 53.7 Å². The summed E-state index contributed by atoms with van der Waals surface area (Å²) in [6, 6.07) is 8.52. The predicted molar refractivity (Wildman–Crippen MR) is 135 cm³/mol. The molecule has 0 aliphatic carbocycles. The molecule has 0 saturated carbocycles. The quantitative estimate of drug-likeness (QED) is 0.665. The van der Waals surface area contributed by atoms with E-state index in [2.05, 4.69) is 61.5 Å². The minimum Gasteiger partial charge on any atom is -0.355 e. The number of amides is 2. The van der Waals surface area contributed by atoms with Gasteiger partial charge >= 0.3 is 0 Å². The second-order valence-electron chi connectivity index (χ2n) is 10.8. The van der Waals surface area contributed by atoms with Crippen molar-refractivity contribution in [3.8, 4) is 0 Å². The van der Waals surface area contributed by atoms with Crippen molar-refractivity contribution in [1.29, 1.82) is 0 Å². The highest BCUT2D eigenvalue weighted by atomic mass is 35.5. The second-order valence-corrected chi connectivity index (χ2v) is 11.3. The number of benzene rings is 1. The summed E-state index contributed by atoms with van der Waals surface area (Å²) in [6.07, 6.45) is 1.75. The number of nitrogens with one attached hydrogen (secondary N) is 2. The molecular weight excluding hydrogens is 450 g/mol. The molecule has 3 aliphatic heterocycles. The van der Waals surface area contributed by atoms with Crippen LogP contribution >= 0.6 is 11.6 Å². The highest BCUT2D eigenvalue weighted by Gasteiger charge is 2.51. The Balaban J connectivity index is 1.55. The van der Waals surface area contributed by atoms with E-state index in [9.17, 15) is 9.59 Å². The molecular formula is C26H40ClN5O2. The standard InChI is InChI=1S/C26H40ClN5O2/c1-15(2)32-25-21(14-29-32)19(12-23(31(25)6)18-9-7-8-10-22(18)27)24(33)28-13-20-16(3)11-17(4)30(5)26(20)34/h7-10,15-17,19-21,23,25,29H,11-14H2,1-6H3,(H,28,33). The second kappa shape index (κ2) is 10.1. The Bertz CT molecular complexity index is 911. The zero-order valence-corrected chi connectivity index (χ0v) is 22.0. The number of hydrazine groups is 1. The van der Waals surface area contributed by atoms with Crippen LogP contribution in [0.4, 0.5) is 0 Å². The summed E-state index contributed by atoms with van der Waals surface area (Å²) in [6.45, 7) is 9.72. The van der Waals surface area contributed by atoms with Gasteiger partial charge in [0.15, 0.2) is 0 Å². The van der Waals surface area contributed by atoms with Crippen LogP contribution in [0.25, 0.3) is 0 Å². The lowest BCUT2D eigenvalue weighted by Gasteiger charge is -2.48. The zero-order chi connectivity index (χ0) is 24.7. The third-order valence-electron chi connectivity index (χ3n) is 8.46. The van der Waals surface area contributed by atoms with E-state index in [1.165, 1.54) is 0 Å². The molecule has 1 aromatic rings. The van der Waals surface area contributed by atoms with Gasteiger partial charge < -0.3 is 10.2 Å². The van der Waals surface area contributed by atoms with Gasteiger partial charge in [-0.2, -0.15) is 0 Å². The number of hydrogen-bond acceptors (Lipinski definition) is 5. The molecule has 0 spiro atoms. The molecule has 34 heavy (non-hydrogen) atoms. The van der Waals surface area contributed by atoms with Crippen molar-refractivity contribution in [1.82, 2.24) is 25.6 Å². The molecule has 7 atom stereocenters. The maximum absolute atomic E-state index is 13.7. The SMILES string of the molecule is CC1CC(C)N(C)C(=O)C1CNC(=O)C1CC(c2ccccc2Cl)N(C)C2C1CNN2C(C)C. The van der Waals surface area contributed by atoms with Gasteiger partial charge in [0.1, 0.15) is 0 Å².